The molecule has 1 aliphatic heterocycles. The van der Waals surface area contributed by atoms with Gasteiger partial charge in [0.2, 0.25) is 5.91 Å². The van der Waals surface area contributed by atoms with E-state index in [9.17, 15) is 4.79 Å². The first-order valence-corrected chi connectivity index (χ1v) is 10.9. The summed E-state index contributed by atoms with van der Waals surface area (Å²) in [5, 5.41) is 5.13. The number of para-hydroxylation sites is 1. The highest BCUT2D eigenvalue weighted by molar-refractivity contribution is 7.18. The van der Waals surface area contributed by atoms with Crippen molar-refractivity contribution in [1.29, 1.82) is 0 Å². The van der Waals surface area contributed by atoms with Crippen LogP contribution in [0.5, 0.6) is 0 Å². The predicted molar refractivity (Wildman–Crippen MR) is 114 cm³/mol. The van der Waals surface area contributed by atoms with Gasteiger partial charge in [-0.25, -0.2) is 4.98 Å². The highest BCUT2D eigenvalue weighted by atomic mass is 32.1. The molecule has 0 saturated carbocycles. The lowest BCUT2D eigenvalue weighted by Crippen LogP contribution is -2.29. The quantitative estimate of drug-likeness (QED) is 0.473. The molecule has 8 heteroatoms. The number of likely N-dealkylation sites (tertiary alicyclic amines) is 1. The van der Waals surface area contributed by atoms with E-state index in [0.717, 1.165) is 42.0 Å². The Labute approximate surface area is 177 Å². The third-order valence-corrected chi connectivity index (χ3v) is 6.49. The van der Waals surface area contributed by atoms with Crippen LogP contribution in [-0.2, 0) is 17.6 Å². The van der Waals surface area contributed by atoms with Crippen molar-refractivity contribution in [2.45, 2.75) is 25.7 Å². The van der Waals surface area contributed by atoms with E-state index in [0.29, 0.717) is 30.5 Å². The van der Waals surface area contributed by atoms with Crippen LogP contribution >= 0.6 is 11.3 Å². The number of pyridine rings is 1. The van der Waals surface area contributed by atoms with Crippen molar-refractivity contribution in [3.05, 3.63) is 59.6 Å². The third kappa shape index (κ3) is 4.09. The maximum absolute atomic E-state index is 12.7. The zero-order chi connectivity index (χ0) is 20.3. The fourth-order valence-corrected chi connectivity index (χ4v) is 4.80. The molecule has 4 heterocycles. The van der Waals surface area contributed by atoms with Gasteiger partial charge in [0.25, 0.3) is 5.89 Å². The van der Waals surface area contributed by atoms with Crippen molar-refractivity contribution in [2.75, 3.05) is 13.1 Å². The maximum Gasteiger partial charge on any atom is 0.258 e. The molecule has 1 amide bonds. The van der Waals surface area contributed by atoms with E-state index < -0.39 is 0 Å². The van der Waals surface area contributed by atoms with Gasteiger partial charge < -0.3 is 9.42 Å². The minimum atomic E-state index is 0.197. The van der Waals surface area contributed by atoms with Crippen LogP contribution in [0.15, 0.2) is 53.3 Å². The fourth-order valence-electron chi connectivity index (χ4n) is 3.83. The molecule has 0 N–H and O–H groups in total. The SMILES string of the molecule is O=C(CCc1nc2ccccc2s1)N1CCC(Cc2noc(-c3ccncc3)n2)C1. The van der Waals surface area contributed by atoms with Crippen LogP contribution in [0.1, 0.15) is 23.7 Å². The molecular weight excluding hydrogens is 398 g/mol. The van der Waals surface area contributed by atoms with Crippen molar-refractivity contribution >= 4 is 27.5 Å². The van der Waals surface area contributed by atoms with Gasteiger partial charge >= 0.3 is 0 Å². The number of fused-ring (bicyclic) bond motifs is 1. The van der Waals surface area contributed by atoms with Gasteiger partial charge in [-0.3, -0.25) is 9.78 Å². The maximum atomic E-state index is 12.7. The van der Waals surface area contributed by atoms with Gasteiger partial charge in [0, 0.05) is 50.3 Å². The van der Waals surface area contributed by atoms with Gasteiger partial charge in [0.1, 0.15) is 0 Å². The molecule has 0 bridgehead atoms. The predicted octanol–water partition coefficient (Wildman–Crippen LogP) is 3.77. The molecule has 30 heavy (non-hydrogen) atoms. The molecule has 7 nitrogen and oxygen atoms in total. The molecule has 0 spiro atoms. The average molecular weight is 420 g/mol. The molecule has 152 valence electrons. The molecule has 1 fully saturated rings. The molecule has 1 atom stereocenters. The number of rotatable bonds is 6. The Hall–Kier alpha value is -3.13. The lowest BCUT2D eigenvalue weighted by atomic mass is 10.1. The number of amides is 1. The smallest absolute Gasteiger partial charge is 0.258 e. The minimum Gasteiger partial charge on any atom is -0.342 e. The second-order valence-corrected chi connectivity index (χ2v) is 8.64. The number of thiazole rings is 1. The summed E-state index contributed by atoms with van der Waals surface area (Å²) in [5.74, 6) is 1.76. The summed E-state index contributed by atoms with van der Waals surface area (Å²) in [6.07, 6.45) is 6.28. The minimum absolute atomic E-state index is 0.197. The lowest BCUT2D eigenvalue weighted by molar-refractivity contribution is -0.130. The zero-order valence-corrected chi connectivity index (χ0v) is 17.2. The summed E-state index contributed by atoms with van der Waals surface area (Å²) in [5.41, 5.74) is 1.87. The lowest BCUT2D eigenvalue weighted by Gasteiger charge is -2.15. The number of hydrogen-bond acceptors (Lipinski definition) is 7. The number of aryl methyl sites for hydroxylation is 1. The van der Waals surface area contributed by atoms with Crippen molar-refractivity contribution in [3.63, 3.8) is 0 Å². The topological polar surface area (TPSA) is 85.0 Å². The van der Waals surface area contributed by atoms with E-state index in [1.807, 2.05) is 35.2 Å². The fraction of sp³-hybridized carbons (Fsp3) is 0.318. The Morgan fingerprint density at radius 1 is 1.17 bits per heavy atom. The van der Waals surface area contributed by atoms with Crippen LogP contribution in [0, 0.1) is 5.92 Å². The number of carbonyl (C=O) groups excluding carboxylic acids is 1. The second kappa shape index (κ2) is 8.31. The number of nitrogens with zero attached hydrogens (tertiary/aromatic N) is 5. The number of hydrogen-bond donors (Lipinski definition) is 0. The summed E-state index contributed by atoms with van der Waals surface area (Å²) < 4.78 is 6.55. The van der Waals surface area contributed by atoms with E-state index in [4.69, 9.17) is 4.52 Å². The Kier molecular flexibility index (Phi) is 5.23. The molecule has 1 aromatic carbocycles. The summed E-state index contributed by atoms with van der Waals surface area (Å²) in [4.78, 5) is 27.7. The van der Waals surface area contributed by atoms with Gasteiger partial charge in [-0.1, -0.05) is 17.3 Å². The van der Waals surface area contributed by atoms with Crippen LogP contribution < -0.4 is 0 Å². The van der Waals surface area contributed by atoms with E-state index >= 15 is 0 Å². The van der Waals surface area contributed by atoms with Crippen LogP contribution in [-0.4, -0.2) is 44.0 Å². The van der Waals surface area contributed by atoms with Crippen molar-refractivity contribution in [1.82, 2.24) is 25.0 Å². The molecule has 3 aromatic heterocycles. The van der Waals surface area contributed by atoms with Gasteiger partial charge in [-0.05, 0) is 36.6 Å². The Balaban J connectivity index is 1.14. The van der Waals surface area contributed by atoms with Crippen molar-refractivity contribution < 1.29 is 9.32 Å². The first-order valence-electron chi connectivity index (χ1n) is 10.1. The monoisotopic (exact) mass is 419 g/mol. The number of benzene rings is 1. The van der Waals surface area contributed by atoms with Crippen LogP contribution in [0.25, 0.3) is 21.7 Å². The molecular formula is C22H21N5O2S. The molecule has 1 unspecified atom stereocenters. The van der Waals surface area contributed by atoms with E-state index in [1.165, 1.54) is 4.70 Å². The van der Waals surface area contributed by atoms with E-state index in [2.05, 4.69) is 26.2 Å². The standard InChI is InChI=1S/C22H21N5O2S/c28-21(6-5-20-24-17-3-1-2-4-18(17)30-20)27-12-9-15(14-27)13-19-25-22(29-26-19)16-7-10-23-11-8-16/h1-4,7-8,10-11,15H,5-6,9,12-14H2. The third-order valence-electron chi connectivity index (χ3n) is 5.40. The summed E-state index contributed by atoms with van der Waals surface area (Å²) in [7, 11) is 0. The van der Waals surface area contributed by atoms with E-state index in [1.54, 1.807) is 23.7 Å². The molecule has 5 rings (SSSR count). The largest absolute Gasteiger partial charge is 0.342 e. The van der Waals surface area contributed by atoms with Gasteiger partial charge in [0.15, 0.2) is 5.82 Å². The molecule has 1 aliphatic rings. The van der Waals surface area contributed by atoms with Crippen LogP contribution in [0.3, 0.4) is 0 Å². The second-order valence-electron chi connectivity index (χ2n) is 7.53. The normalized spacial score (nSPS) is 16.4. The Bertz CT molecular complexity index is 1120. The van der Waals surface area contributed by atoms with Crippen molar-refractivity contribution in [3.8, 4) is 11.5 Å². The molecule has 0 aliphatic carbocycles. The molecule has 0 radical (unpaired) electrons. The summed E-state index contributed by atoms with van der Waals surface area (Å²) >= 11 is 1.67. The van der Waals surface area contributed by atoms with Gasteiger partial charge in [-0.2, -0.15) is 4.98 Å². The zero-order valence-electron chi connectivity index (χ0n) is 16.4. The highest BCUT2D eigenvalue weighted by Gasteiger charge is 2.27. The first kappa shape index (κ1) is 18.9. The number of aromatic nitrogens is 4. The van der Waals surface area contributed by atoms with Crippen LogP contribution in [0.4, 0.5) is 0 Å². The van der Waals surface area contributed by atoms with Gasteiger partial charge in [0.05, 0.1) is 15.2 Å². The molecule has 1 saturated heterocycles. The Morgan fingerprint density at radius 3 is 2.90 bits per heavy atom. The van der Waals surface area contributed by atoms with Gasteiger partial charge in [-0.15, -0.1) is 11.3 Å². The highest BCUT2D eigenvalue weighted by Crippen LogP contribution is 2.25. The summed E-state index contributed by atoms with van der Waals surface area (Å²) in [6, 6.07) is 11.8. The molecule has 4 aromatic rings. The average Bonchev–Trinajstić information content (AvgIpc) is 3.52. The van der Waals surface area contributed by atoms with Crippen molar-refractivity contribution in [2.24, 2.45) is 5.92 Å². The van der Waals surface area contributed by atoms with Crippen LogP contribution in [0.2, 0.25) is 0 Å². The Morgan fingerprint density at radius 2 is 2.03 bits per heavy atom. The first-order chi connectivity index (χ1) is 14.7. The summed E-state index contributed by atoms with van der Waals surface area (Å²) in [6.45, 7) is 1.54. The van der Waals surface area contributed by atoms with E-state index in [-0.39, 0.29) is 5.91 Å². The number of carbonyl (C=O) groups is 1.